The van der Waals surface area contributed by atoms with Crippen LogP contribution in [0, 0.1) is 13.8 Å². The standard InChI is InChI=1S/C13H14N2O2S/c1-8-12(15-9(2)18-8)13(17)14-7-10-5-3-4-6-11(10)16/h3-6,16H,7H2,1-2H3,(H,14,17). The van der Waals surface area contributed by atoms with Crippen molar-refractivity contribution in [3.05, 3.63) is 45.4 Å². The molecule has 0 bridgehead atoms. The Kier molecular flexibility index (Phi) is 3.62. The summed E-state index contributed by atoms with van der Waals surface area (Å²) in [6.45, 7) is 4.04. The van der Waals surface area contributed by atoms with E-state index < -0.39 is 0 Å². The molecule has 0 aliphatic rings. The summed E-state index contributed by atoms with van der Waals surface area (Å²) in [4.78, 5) is 17.0. The Morgan fingerprint density at radius 3 is 2.72 bits per heavy atom. The average molecular weight is 262 g/mol. The molecule has 0 atom stereocenters. The minimum atomic E-state index is -0.208. The van der Waals surface area contributed by atoms with Crippen molar-refractivity contribution < 1.29 is 9.90 Å². The Morgan fingerprint density at radius 1 is 1.39 bits per heavy atom. The number of rotatable bonds is 3. The molecule has 5 heteroatoms. The van der Waals surface area contributed by atoms with Gasteiger partial charge in [0, 0.05) is 17.0 Å². The number of para-hydroxylation sites is 1. The zero-order valence-corrected chi connectivity index (χ0v) is 11.0. The fourth-order valence-electron chi connectivity index (χ4n) is 1.66. The van der Waals surface area contributed by atoms with Crippen LogP contribution >= 0.6 is 11.3 Å². The lowest BCUT2D eigenvalue weighted by molar-refractivity contribution is 0.0945. The molecular weight excluding hydrogens is 248 g/mol. The lowest BCUT2D eigenvalue weighted by Crippen LogP contribution is -2.23. The number of phenolic OH excluding ortho intramolecular Hbond substituents is 1. The summed E-state index contributed by atoms with van der Waals surface area (Å²) in [7, 11) is 0. The maximum absolute atomic E-state index is 11.9. The predicted molar refractivity (Wildman–Crippen MR) is 70.9 cm³/mol. The van der Waals surface area contributed by atoms with E-state index in [0.29, 0.717) is 17.8 Å². The molecule has 0 saturated carbocycles. The van der Waals surface area contributed by atoms with Crippen molar-refractivity contribution in [1.82, 2.24) is 10.3 Å². The molecule has 1 amide bonds. The van der Waals surface area contributed by atoms with Crippen molar-refractivity contribution in [2.24, 2.45) is 0 Å². The van der Waals surface area contributed by atoms with Gasteiger partial charge in [0.15, 0.2) is 0 Å². The number of aromatic nitrogens is 1. The van der Waals surface area contributed by atoms with Gasteiger partial charge in [0.2, 0.25) is 0 Å². The molecule has 2 rings (SSSR count). The number of hydrogen-bond acceptors (Lipinski definition) is 4. The van der Waals surface area contributed by atoms with Crippen molar-refractivity contribution in [2.75, 3.05) is 0 Å². The van der Waals surface area contributed by atoms with Gasteiger partial charge in [0.1, 0.15) is 11.4 Å². The van der Waals surface area contributed by atoms with Crippen molar-refractivity contribution >= 4 is 17.2 Å². The van der Waals surface area contributed by atoms with E-state index >= 15 is 0 Å². The highest BCUT2D eigenvalue weighted by Crippen LogP contribution is 2.17. The topological polar surface area (TPSA) is 62.2 Å². The quantitative estimate of drug-likeness (QED) is 0.892. The minimum Gasteiger partial charge on any atom is -0.508 e. The number of thiazole rings is 1. The van der Waals surface area contributed by atoms with Crippen LogP contribution in [0.3, 0.4) is 0 Å². The molecule has 0 aliphatic carbocycles. The molecule has 2 aromatic rings. The number of carbonyl (C=O) groups excluding carboxylic acids is 1. The summed E-state index contributed by atoms with van der Waals surface area (Å²) in [5, 5.41) is 13.2. The van der Waals surface area contributed by atoms with Crippen molar-refractivity contribution in [1.29, 1.82) is 0 Å². The van der Waals surface area contributed by atoms with Gasteiger partial charge in [-0.25, -0.2) is 4.98 Å². The molecule has 0 unspecified atom stereocenters. The van der Waals surface area contributed by atoms with E-state index in [9.17, 15) is 9.90 Å². The molecule has 1 aromatic heterocycles. The van der Waals surface area contributed by atoms with Gasteiger partial charge in [-0.3, -0.25) is 4.79 Å². The Labute approximate surface area is 109 Å². The summed E-state index contributed by atoms with van der Waals surface area (Å²) < 4.78 is 0. The van der Waals surface area contributed by atoms with Gasteiger partial charge in [0.05, 0.1) is 5.01 Å². The van der Waals surface area contributed by atoms with Crippen LogP contribution in [-0.4, -0.2) is 16.0 Å². The van der Waals surface area contributed by atoms with Crippen LogP contribution in [-0.2, 0) is 6.54 Å². The third-order valence-electron chi connectivity index (χ3n) is 2.55. The zero-order chi connectivity index (χ0) is 13.1. The molecule has 1 heterocycles. The van der Waals surface area contributed by atoms with Gasteiger partial charge < -0.3 is 10.4 Å². The highest BCUT2D eigenvalue weighted by molar-refractivity contribution is 7.11. The summed E-state index contributed by atoms with van der Waals surface area (Å²) in [6.07, 6.45) is 0. The largest absolute Gasteiger partial charge is 0.508 e. The second-order valence-electron chi connectivity index (χ2n) is 3.95. The van der Waals surface area contributed by atoms with Crippen molar-refractivity contribution in [2.45, 2.75) is 20.4 Å². The van der Waals surface area contributed by atoms with E-state index in [0.717, 1.165) is 9.88 Å². The maximum atomic E-state index is 11.9. The molecule has 2 N–H and O–H groups in total. The first kappa shape index (κ1) is 12.6. The minimum absolute atomic E-state index is 0.184. The van der Waals surface area contributed by atoms with E-state index in [4.69, 9.17) is 0 Å². The number of amides is 1. The fraction of sp³-hybridized carbons (Fsp3) is 0.231. The number of hydrogen-bond donors (Lipinski definition) is 2. The van der Waals surface area contributed by atoms with Crippen LogP contribution in [0.1, 0.15) is 25.9 Å². The Bertz CT molecular complexity index is 578. The molecule has 0 radical (unpaired) electrons. The van der Waals surface area contributed by atoms with Crippen LogP contribution in [0.15, 0.2) is 24.3 Å². The average Bonchev–Trinajstić information content (AvgIpc) is 2.67. The Hall–Kier alpha value is -1.88. The predicted octanol–water partition coefficient (Wildman–Crippen LogP) is 2.40. The molecule has 0 saturated heterocycles. The lowest BCUT2D eigenvalue weighted by atomic mass is 10.2. The van der Waals surface area contributed by atoms with E-state index in [1.165, 1.54) is 11.3 Å². The SMILES string of the molecule is Cc1nc(C(=O)NCc2ccccc2O)c(C)s1. The van der Waals surface area contributed by atoms with Crippen LogP contribution in [0.5, 0.6) is 5.75 Å². The normalized spacial score (nSPS) is 10.3. The van der Waals surface area contributed by atoms with Gasteiger partial charge in [-0.15, -0.1) is 11.3 Å². The fourth-order valence-corrected chi connectivity index (χ4v) is 2.47. The third kappa shape index (κ3) is 2.68. The number of benzene rings is 1. The lowest BCUT2D eigenvalue weighted by Gasteiger charge is -2.05. The summed E-state index contributed by atoms with van der Waals surface area (Å²) in [5.74, 6) is -0.0240. The summed E-state index contributed by atoms with van der Waals surface area (Å²) in [6, 6.07) is 6.93. The number of nitrogens with one attached hydrogen (secondary N) is 1. The van der Waals surface area contributed by atoms with Crippen LogP contribution in [0.25, 0.3) is 0 Å². The van der Waals surface area contributed by atoms with E-state index in [1.807, 2.05) is 19.9 Å². The molecule has 4 nitrogen and oxygen atoms in total. The van der Waals surface area contributed by atoms with Crippen LogP contribution in [0.2, 0.25) is 0 Å². The summed E-state index contributed by atoms with van der Waals surface area (Å²) in [5.41, 5.74) is 1.16. The van der Waals surface area contributed by atoms with Crippen molar-refractivity contribution in [3.8, 4) is 5.75 Å². The van der Waals surface area contributed by atoms with E-state index in [1.54, 1.807) is 18.2 Å². The zero-order valence-electron chi connectivity index (χ0n) is 10.2. The van der Waals surface area contributed by atoms with Crippen molar-refractivity contribution in [3.63, 3.8) is 0 Å². The molecule has 94 valence electrons. The van der Waals surface area contributed by atoms with Crippen LogP contribution < -0.4 is 5.32 Å². The maximum Gasteiger partial charge on any atom is 0.271 e. The first-order valence-corrected chi connectivity index (χ1v) is 6.38. The molecule has 0 spiro atoms. The molecule has 1 aromatic carbocycles. The molecular formula is C13H14N2O2S. The van der Waals surface area contributed by atoms with Gasteiger partial charge in [-0.2, -0.15) is 0 Å². The number of aryl methyl sites for hydroxylation is 2. The smallest absolute Gasteiger partial charge is 0.271 e. The Morgan fingerprint density at radius 2 is 2.11 bits per heavy atom. The highest BCUT2D eigenvalue weighted by Gasteiger charge is 2.13. The van der Waals surface area contributed by atoms with Gasteiger partial charge in [0.25, 0.3) is 5.91 Å². The van der Waals surface area contributed by atoms with Gasteiger partial charge in [-0.05, 0) is 19.9 Å². The number of carbonyl (C=O) groups is 1. The van der Waals surface area contributed by atoms with E-state index in [2.05, 4.69) is 10.3 Å². The molecule has 18 heavy (non-hydrogen) atoms. The first-order chi connectivity index (χ1) is 8.58. The second kappa shape index (κ2) is 5.18. The third-order valence-corrected chi connectivity index (χ3v) is 3.44. The highest BCUT2D eigenvalue weighted by atomic mass is 32.1. The molecule has 0 fully saturated rings. The number of phenols is 1. The molecule has 0 aliphatic heterocycles. The number of nitrogens with zero attached hydrogens (tertiary/aromatic N) is 1. The second-order valence-corrected chi connectivity index (χ2v) is 5.36. The Balaban J connectivity index is 2.05. The number of aromatic hydroxyl groups is 1. The monoisotopic (exact) mass is 262 g/mol. The van der Waals surface area contributed by atoms with Crippen LogP contribution in [0.4, 0.5) is 0 Å². The van der Waals surface area contributed by atoms with Gasteiger partial charge >= 0.3 is 0 Å². The first-order valence-electron chi connectivity index (χ1n) is 5.57. The van der Waals surface area contributed by atoms with E-state index in [-0.39, 0.29) is 11.7 Å². The van der Waals surface area contributed by atoms with Gasteiger partial charge in [-0.1, -0.05) is 18.2 Å². The summed E-state index contributed by atoms with van der Waals surface area (Å²) >= 11 is 1.50.